The number of hydrogen-bond acceptors (Lipinski definition) is 5. The Hall–Kier alpha value is -3.40. The first kappa shape index (κ1) is 23.9. The van der Waals surface area contributed by atoms with Crippen LogP contribution in [-0.4, -0.2) is 57.1 Å². The third-order valence-corrected chi connectivity index (χ3v) is 5.24. The molecule has 4 atom stereocenters. The Balaban J connectivity index is 2.09. The second-order valence-corrected chi connectivity index (χ2v) is 7.54. The van der Waals surface area contributed by atoms with Crippen molar-refractivity contribution in [1.82, 2.24) is 15.6 Å². The molecule has 0 aliphatic rings. The van der Waals surface area contributed by atoms with E-state index in [9.17, 15) is 19.2 Å². The van der Waals surface area contributed by atoms with Crippen LogP contribution in [0.4, 0.5) is 0 Å². The molecule has 0 radical (unpaired) electrons. The molecule has 2 amide bonds. The van der Waals surface area contributed by atoms with Crippen molar-refractivity contribution in [3.05, 3.63) is 36.0 Å². The van der Waals surface area contributed by atoms with Crippen LogP contribution < -0.4 is 16.4 Å². The molecule has 0 aliphatic carbocycles. The molecule has 1 aromatic heterocycles. The number of carbonyl (C=O) groups is 4. The van der Waals surface area contributed by atoms with Gasteiger partial charge < -0.3 is 31.6 Å². The van der Waals surface area contributed by atoms with Crippen LogP contribution in [0.2, 0.25) is 0 Å². The zero-order valence-electron chi connectivity index (χ0n) is 17.4. The Morgan fingerprint density at radius 3 is 2.39 bits per heavy atom. The van der Waals surface area contributed by atoms with Crippen molar-refractivity contribution in [2.24, 2.45) is 11.7 Å². The average Bonchev–Trinajstić information content (AvgIpc) is 3.13. The second-order valence-electron chi connectivity index (χ2n) is 7.54. The van der Waals surface area contributed by atoms with E-state index in [4.69, 9.17) is 15.9 Å². The summed E-state index contributed by atoms with van der Waals surface area (Å²) in [4.78, 5) is 50.6. The number of para-hydroxylation sites is 1. The van der Waals surface area contributed by atoms with Crippen molar-refractivity contribution in [1.29, 1.82) is 0 Å². The molecule has 2 aromatic rings. The summed E-state index contributed by atoms with van der Waals surface area (Å²) in [5.41, 5.74) is 7.85. The lowest BCUT2D eigenvalue weighted by Gasteiger charge is -2.26. The molecule has 0 fully saturated rings. The van der Waals surface area contributed by atoms with Gasteiger partial charge in [0, 0.05) is 17.1 Å². The number of nitrogens with one attached hydrogen (secondary N) is 3. The first-order valence-electron chi connectivity index (χ1n) is 9.99. The van der Waals surface area contributed by atoms with E-state index in [1.54, 1.807) is 13.1 Å². The van der Waals surface area contributed by atoms with Crippen molar-refractivity contribution in [2.45, 2.75) is 51.2 Å². The van der Waals surface area contributed by atoms with Crippen molar-refractivity contribution in [3.63, 3.8) is 0 Å². The van der Waals surface area contributed by atoms with Gasteiger partial charge in [-0.2, -0.15) is 0 Å². The van der Waals surface area contributed by atoms with Gasteiger partial charge in [0.1, 0.15) is 12.1 Å². The molecule has 10 nitrogen and oxygen atoms in total. The molecule has 1 aromatic carbocycles. The maximum Gasteiger partial charge on any atom is 0.326 e. The average molecular weight is 432 g/mol. The van der Waals surface area contributed by atoms with Crippen LogP contribution in [0, 0.1) is 5.92 Å². The normalized spacial score (nSPS) is 14.9. The summed E-state index contributed by atoms with van der Waals surface area (Å²) in [5.74, 6) is -4.49. The second kappa shape index (κ2) is 10.6. The Morgan fingerprint density at radius 1 is 1.10 bits per heavy atom. The van der Waals surface area contributed by atoms with Gasteiger partial charge in [0.25, 0.3) is 0 Å². The van der Waals surface area contributed by atoms with E-state index in [1.165, 1.54) is 0 Å². The standard InChI is InChI=1S/C21H28N4O6/c1-3-11(2)18(20(29)24-16(21(30)31)9-17(26)27)25-19(28)14(22)8-12-10-23-15-7-5-4-6-13(12)15/h4-7,10-11,14,16,18,23H,3,8-9,22H2,1-2H3,(H,24,29)(H,25,28)(H,26,27)(H,30,31)/t11-,14-,16-,18-/m0/s1. The predicted molar refractivity (Wildman–Crippen MR) is 113 cm³/mol. The Labute approximate surface area is 179 Å². The van der Waals surface area contributed by atoms with Crippen LogP contribution in [0.25, 0.3) is 10.9 Å². The van der Waals surface area contributed by atoms with Gasteiger partial charge in [-0.3, -0.25) is 14.4 Å². The predicted octanol–water partition coefficient (Wildman–Crippen LogP) is 0.613. The van der Waals surface area contributed by atoms with Crippen LogP contribution >= 0.6 is 0 Å². The highest BCUT2D eigenvalue weighted by Gasteiger charge is 2.32. The van der Waals surface area contributed by atoms with Gasteiger partial charge in [-0.05, 0) is 24.0 Å². The van der Waals surface area contributed by atoms with E-state index in [1.807, 2.05) is 31.2 Å². The van der Waals surface area contributed by atoms with Gasteiger partial charge in [-0.25, -0.2) is 4.79 Å². The minimum absolute atomic E-state index is 0.238. The molecule has 10 heteroatoms. The highest BCUT2D eigenvalue weighted by Crippen LogP contribution is 2.19. The number of H-pyrrole nitrogens is 1. The molecule has 0 unspecified atom stereocenters. The number of carbonyl (C=O) groups excluding carboxylic acids is 2. The van der Waals surface area contributed by atoms with Crippen molar-refractivity contribution < 1.29 is 29.4 Å². The van der Waals surface area contributed by atoms with E-state index < -0.39 is 48.3 Å². The van der Waals surface area contributed by atoms with Gasteiger partial charge in [0.2, 0.25) is 11.8 Å². The highest BCUT2D eigenvalue weighted by atomic mass is 16.4. The monoisotopic (exact) mass is 432 g/mol. The summed E-state index contributed by atoms with van der Waals surface area (Å²) in [6, 6.07) is 3.99. The molecule has 0 spiro atoms. The van der Waals surface area contributed by atoms with Gasteiger partial charge in [-0.15, -0.1) is 0 Å². The van der Waals surface area contributed by atoms with Gasteiger partial charge in [0.15, 0.2) is 0 Å². The lowest BCUT2D eigenvalue weighted by Crippen LogP contribution is -2.57. The molecule has 0 saturated carbocycles. The van der Waals surface area contributed by atoms with E-state index in [0.29, 0.717) is 6.42 Å². The number of carboxylic acids is 2. The van der Waals surface area contributed by atoms with Crippen molar-refractivity contribution in [3.8, 4) is 0 Å². The molecule has 31 heavy (non-hydrogen) atoms. The Bertz CT molecular complexity index is 956. The number of aromatic amines is 1. The number of carboxylic acid groups (broad SMARTS) is 2. The largest absolute Gasteiger partial charge is 0.481 e. The van der Waals surface area contributed by atoms with Crippen LogP contribution in [0.5, 0.6) is 0 Å². The quantitative estimate of drug-likeness (QED) is 0.301. The zero-order chi connectivity index (χ0) is 23.1. The molecular weight excluding hydrogens is 404 g/mol. The lowest BCUT2D eigenvalue weighted by atomic mass is 9.96. The number of amides is 2. The van der Waals surface area contributed by atoms with Crippen molar-refractivity contribution >= 4 is 34.7 Å². The summed E-state index contributed by atoms with van der Waals surface area (Å²) in [5, 5.41) is 23.8. The first-order chi connectivity index (χ1) is 14.6. The van der Waals surface area contributed by atoms with Gasteiger partial charge >= 0.3 is 11.9 Å². The third kappa shape index (κ3) is 6.29. The van der Waals surface area contributed by atoms with E-state index in [0.717, 1.165) is 16.5 Å². The first-order valence-corrected chi connectivity index (χ1v) is 9.99. The summed E-state index contributed by atoms with van der Waals surface area (Å²) in [6.07, 6.45) is 1.76. The number of aromatic nitrogens is 1. The van der Waals surface area contributed by atoms with E-state index in [-0.39, 0.29) is 12.3 Å². The minimum atomic E-state index is -1.60. The molecule has 168 valence electrons. The number of benzene rings is 1. The highest BCUT2D eigenvalue weighted by molar-refractivity contribution is 5.93. The molecular formula is C21H28N4O6. The van der Waals surface area contributed by atoms with Gasteiger partial charge in [0.05, 0.1) is 12.5 Å². The molecule has 0 saturated heterocycles. The summed E-state index contributed by atoms with van der Waals surface area (Å²) >= 11 is 0. The van der Waals surface area contributed by atoms with E-state index >= 15 is 0 Å². The topological polar surface area (TPSA) is 175 Å². The number of hydrogen-bond donors (Lipinski definition) is 6. The fourth-order valence-electron chi connectivity index (χ4n) is 3.23. The molecule has 0 aliphatic heterocycles. The van der Waals surface area contributed by atoms with Crippen molar-refractivity contribution in [2.75, 3.05) is 0 Å². The van der Waals surface area contributed by atoms with Crippen LogP contribution in [0.15, 0.2) is 30.5 Å². The Morgan fingerprint density at radius 2 is 1.77 bits per heavy atom. The van der Waals surface area contributed by atoms with Crippen LogP contribution in [-0.2, 0) is 25.6 Å². The lowest BCUT2D eigenvalue weighted by molar-refractivity contribution is -0.147. The smallest absolute Gasteiger partial charge is 0.326 e. The summed E-state index contributed by atoms with van der Waals surface area (Å²) in [7, 11) is 0. The summed E-state index contributed by atoms with van der Waals surface area (Å²) in [6.45, 7) is 3.54. The number of aliphatic carboxylic acids is 2. The molecule has 7 N–H and O–H groups in total. The number of rotatable bonds is 11. The van der Waals surface area contributed by atoms with Crippen LogP contribution in [0.3, 0.4) is 0 Å². The molecule has 1 heterocycles. The third-order valence-electron chi connectivity index (χ3n) is 5.24. The fraction of sp³-hybridized carbons (Fsp3) is 0.429. The zero-order valence-corrected chi connectivity index (χ0v) is 17.4. The number of nitrogens with two attached hydrogens (primary N) is 1. The molecule has 2 rings (SSSR count). The molecule has 0 bridgehead atoms. The van der Waals surface area contributed by atoms with Gasteiger partial charge in [-0.1, -0.05) is 38.5 Å². The fourth-order valence-corrected chi connectivity index (χ4v) is 3.23. The minimum Gasteiger partial charge on any atom is -0.481 e. The number of fused-ring (bicyclic) bond motifs is 1. The maximum atomic E-state index is 12.7. The SMILES string of the molecule is CC[C@H](C)[C@H](NC(=O)[C@@H](N)Cc1c[nH]c2ccccc12)C(=O)N[C@@H](CC(=O)O)C(=O)O. The van der Waals surface area contributed by atoms with E-state index in [2.05, 4.69) is 15.6 Å². The van der Waals surface area contributed by atoms with Crippen LogP contribution in [0.1, 0.15) is 32.3 Å². The summed E-state index contributed by atoms with van der Waals surface area (Å²) < 4.78 is 0. The Kier molecular flexibility index (Phi) is 8.14. The maximum absolute atomic E-state index is 12.7.